The molecule has 12 heteroatoms. The summed E-state index contributed by atoms with van der Waals surface area (Å²) in [6, 6.07) is 4.65. The Kier molecular flexibility index (Phi) is 5.96. The summed E-state index contributed by atoms with van der Waals surface area (Å²) in [6.45, 7) is 2.79. The number of halogens is 2. The number of imidazole rings is 1. The number of benzene rings is 1. The SMILES string of the molecule is CCS(=O)(=O)Nc1cc(C2CN(C)C(=O)C3NCCC32)nc2c1ncn2Cc1cc(F)cc(F)c1. The number of anilines is 1. The molecule has 0 bridgehead atoms. The average molecular weight is 505 g/mol. The number of likely N-dealkylation sites (tertiary alicyclic amines) is 1. The number of fused-ring (bicyclic) bond motifs is 2. The predicted octanol–water partition coefficient (Wildman–Crippen LogP) is 2.05. The maximum Gasteiger partial charge on any atom is 0.239 e. The average Bonchev–Trinajstić information content (AvgIpc) is 3.43. The number of aromatic nitrogens is 3. The molecular weight excluding hydrogens is 478 g/mol. The van der Waals surface area contributed by atoms with E-state index < -0.39 is 21.7 Å². The highest BCUT2D eigenvalue weighted by Gasteiger charge is 2.45. The summed E-state index contributed by atoms with van der Waals surface area (Å²) < 4.78 is 56.6. The molecule has 1 amide bonds. The highest BCUT2D eigenvalue weighted by Crippen LogP contribution is 2.38. The van der Waals surface area contributed by atoms with Gasteiger partial charge in [0.15, 0.2) is 5.65 Å². The fourth-order valence-electron chi connectivity index (χ4n) is 5.07. The second kappa shape index (κ2) is 8.83. The Labute approximate surface area is 201 Å². The molecule has 0 saturated carbocycles. The van der Waals surface area contributed by atoms with E-state index in [-0.39, 0.29) is 41.8 Å². The summed E-state index contributed by atoms with van der Waals surface area (Å²) in [5.41, 5.74) is 2.04. The van der Waals surface area contributed by atoms with Crippen molar-refractivity contribution in [2.75, 3.05) is 30.6 Å². The minimum Gasteiger partial charge on any atom is -0.344 e. The number of carbonyl (C=O) groups excluding carboxylic acids is 1. The Morgan fingerprint density at radius 1 is 1.20 bits per heavy atom. The molecule has 3 atom stereocenters. The fourth-order valence-corrected chi connectivity index (χ4v) is 5.71. The monoisotopic (exact) mass is 504 g/mol. The smallest absolute Gasteiger partial charge is 0.239 e. The van der Waals surface area contributed by atoms with Crippen LogP contribution in [0.15, 0.2) is 30.6 Å². The molecule has 0 radical (unpaired) electrons. The van der Waals surface area contributed by atoms with Crippen LogP contribution in [0.4, 0.5) is 14.5 Å². The normalized spacial score (nSPS) is 22.6. The Balaban J connectivity index is 1.62. The van der Waals surface area contributed by atoms with Crippen LogP contribution < -0.4 is 10.0 Å². The van der Waals surface area contributed by atoms with E-state index in [1.807, 2.05) is 0 Å². The summed E-state index contributed by atoms with van der Waals surface area (Å²) in [7, 11) is -1.87. The van der Waals surface area contributed by atoms with E-state index in [2.05, 4.69) is 15.0 Å². The Morgan fingerprint density at radius 3 is 2.66 bits per heavy atom. The van der Waals surface area contributed by atoms with Gasteiger partial charge in [0, 0.05) is 25.6 Å². The van der Waals surface area contributed by atoms with Crippen LogP contribution in [-0.2, 0) is 21.4 Å². The molecule has 2 N–H and O–H groups in total. The van der Waals surface area contributed by atoms with Gasteiger partial charge in [0.05, 0.1) is 36.0 Å². The number of rotatable bonds is 6. The summed E-state index contributed by atoms with van der Waals surface area (Å²) in [6.07, 6.45) is 2.27. The number of amides is 1. The Hall–Kier alpha value is -3.12. The second-order valence-electron chi connectivity index (χ2n) is 9.13. The van der Waals surface area contributed by atoms with Crippen molar-refractivity contribution in [1.82, 2.24) is 24.8 Å². The van der Waals surface area contributed by atoms with Gasteiger partial charge in [-0.25, -0.2) is 27.2 Å². The Morgan fingerprint density at radius 2 is 1.94 bits per heavy atom. The first-order valence-corrected chi connectivity index (χ1v) is 13.1. The lowest BCUT2D eigenvalue weighted by Gasteiger charge is -2.38. The van der Waals surface area contributed by atoms with E-state index in [1.54, 1.807) is 22.6 Å². The number of hydrogen-bond donors (Lipinski definition) is 2. The zero-order valence-electron chi connectivity index (χ0n) is 19.3. The zero-order valence-corrected chi connectivity index (χ0v) is 20.1. The van der Waals surface area contributed by atoms with Gasteiger partial charge >= 0.3 is 0 Å². The highest BCUT2D eigenvalue weighted by atomic mass is 32.2. The standard InChI is InChI=1S/C23H26F2N6O3S/c1-3-35(33,34)29-19-9-18(17-11-30(2)23(32)20-16(17)4-5-26-20)28-22-21(19)27-12-31(22)10-13-6-14(24)8-15(25)7-13/h6-9,12,16-17,20,26H,3-5,10-11H2,1-2H3,(H,28,29). The molecule has 35 heavy (non-hydrogen) atoms. The summed E-state index contributed by atoms with van der Waals surface area (Å²) >= 11 is 0. The van der Waals surface area contributed by atoms with Crippen LogP contribution in [0.5, 0.6) is 0 Å². The topological polar surface area (TPSA) is 109 Å². The molecule has 3 unspecified atom stereocenters. The predicted molar refractivity (Wildman–Crippen MR) is 126 cm³/mol. The lowest BCUT2D eigenvalue weighted by molar-refractivity contribution is -0.136. The third-order valence-corrected chi connectivity index (χ3v) is 8.08. The van der Waals surface area contributed by atoms with Gasteiger partial charge in [-0.05, 0) is 49.6 Å². The van der Waals surface area contributed by atoms with Crippen molar-refractivity contribution in [2.24, 2.45) is 5.92 Å². The number of nitrogens with one attached hydrogen (secondary N) is 2. The van der Waals surface area contributed by atoms with E-state index in [0.717, 1.165) is 12.5 Å². The third-order valence-electron chi connectivity index (χ3n) is 6.79. The molecule has 9 nitrogen and oxygen atoms in total. The lowest BCUT2D eigenvalue weighted by Crippen LogP contribution is -2.53. The fraction of sp³-hybridized carbons (Fsp3) is 0.435. The summed E-state index contributed by atoms with van der Waals surface area (Å²) in [5.74, 6) is -1.57. The molecule has 1 aromatic carbocycles. The van der Waals surface area contributed by atoms with Crippen LogP contribution in [-0.4, -0.2) is 65.7 Å². The molecule has 3 aromatic rings. The van der Waals surface area contributed by atoms with Crippen LogP contribution in [0.1, 0.15) is 30.5 Å². The third kappa shape index (κ3) is 4.47. The lowest BCUT2D eigenvalue weighted by atomic mass is 9.80. The van der Waals surface area contributed by atoms with Gasteiger partial charge in [0.2, 0.25) is 15.9 Å². The van der Waals surface area contributed by atoms with Crippen LogP contribution >= 0.6 is 0 Å². The van der Waals surface area contributed by atoms with Crippen molar-refractivity contribution < 1.29 is 22.0 Å². The summed E-state index contributed by atoms with van der Waals surface area (Å²) in [5, 5.41) is 3.27. The molecule has 2 aliphatic rings. The van der Waals surface area contributed by atoms with Gasteiger partial charge in [0.25, 0.3) is 0 Å². The van der Waals surface area contributed by atoms with Gasteiger partial charge in [-0.3, -0.25) is 9.52 Å². The number of nitrogens with zero attached hydrogens (tertiary/aromatic N) is 4. The van der Waals surface area contributed by atoms with Crippen LogP contribution in [0.2, 0.25) is 0 Å². The van der Waals surface area contributed by atoms with Crippen molar-refractivity contribution in [3.63, 3.8) is 0 Å². The van der Waals surface area contributed by atoms with Crippen molar-refractivity contribution in [3.8, 4) is 0 Å². The first kappa shape index (κ1) is 23.6. The zero-order chi connectivity index (χ0) is 24.9. The molecule has 2 fully saturated rings. The van der Waals surface area contributed by atoms with Crippen molar-refractivity contribution in [1.29, 1.82) is 0 Å². The number of piperidine rings is 1. The molecule has 2 saturated heterocycles. The number of likely N-dealkylation sites (N-methyl/N-ethyl adjacent to an activating group) is 1. The molecule has 5 rings (SSSR count). The van der Waals surface area contributed by atoms with Gasteiger partial charge in [-0.15, -0.1) is 0 Å². The quantitative estimate of drug-likeness (QED) is 0.532. The van der Waals surface area contributed by atoms with Crippen molar-refractivity contribution in [2.45, 2.75) is 31.8 Å². The number of carbonyl (C=O) groups is 1. The molecule has 2 aromatic heterocycles. The van der Waals surface area contributed by atoms with Gasteiger partial charge in [0.1, 0.15) is 17.2 Å². The molecular formula is C23H26F2N6O3S. The van der Waals surface area contributed by atoms with E-state index >= 15 is 0 Å². The van der Waals surface area contributed by atoms with Crippen molar-refractivity contribution >= 4 is 32.8 Å². The minimum absolute atomic E-state index is 0.0213. The maximum atomic E-state index is 13.8. The van der Waals surface area contributed by atoms with Gasteiger partial charge < -0.3 is 14.8 Å². The minimum atomic E-state index is -3.61. The molecule has 186 valence electrons. The number of hydrogen-bond acceptors (Lipinski definition) is 6. The first-order chi connectivity index (χ1) is 16.6. The van der Waals surface area contributed by atoms with E-state index in [9.17, 15) is 22.0 Å². The largest absolute Gasteiger partial charge is 0.344 e. The van der Waals surface area contributed by atoms with E-state index in [0.29, 0.717) is 35.5 Å². The molecule has 0 aliphatic carbocycles. The van der Waals surface area contributed by atoms with Crippen LogP contribution in [0.3, 0.4) is 0 Å². The van der Waals surface area contributed by atoms with Gasteiger partial charge in [-0.1, -0.05) is 0 Å². The van der Waals surface area contributed by atoms with Crippen LogP contribution in [0.25, 0.3) is 11.2 Å². The number of sulfonamides is 1. The molecule has 4 heterocycles. The highest BCUT2D eigenvalue weighted by molar-refractivity contribution is 7.92. The van der Waals surface area contributed by atoms with Gasteiger partial charge in [-0.2, -0.15) is 0 Å². The molecule has 0 spiro atoms. The Bertz CT molecular complexity index is 1390. The summed E-state index contributed by atoms with van der Waals surface area (Å²) in [4.78, 5) is 23.5. The number of pyridine rings is 1. The van der Waals surface area contributed by atoms with Crippen molar-refractivity contribution in [3.05, 3.63) is 53.5 Å². The second-order valence-corrected chi connectivity index (χ2v) is 11.1. The van der Waals surface area contributed by atoms with Crippen LogP contribution in [0, 0.1) is 17.6 Å². The maximum absolute atomic E-state index is 13.8. The van der Waals surface area contributed by atoms with E-state index in [4.69, 9.17) is 4.98 Å². The van der Waals surface area contributed by atoms with E-state index in [1.165, 1.54) is 25.4 Å². The first-order valence-electron chi connectivity index (χ1n) is 11.4. The molecule has 2 aliphatic heterocycles.